The van der Waals surface area contributed by atoms with Gasteiger partial charge in [-0.15, -0.1) is 0 Å². The molecule has 1 aliphatic carbocycles. The molecule has 1 atom stereocenters. The summed E-state index contributed by atoms with van der Waals surface area (Å²) in [6.45, 7) is 7.17. The first-order chi connectivity index (χ1) is 10.9. The molecule has 0 amide bonds. The molecule has 5 heteroatoms. The lowest BCUT2D eigenvalue weighted by atomic mass is 10.0. The molecule has 0 bridgehead atoms. The van der Waals surface area contributed by atoms with Gasteiger partial charge in [0, 0.05) is 18.8 Å². The smallest absolute Gasteiger partial charge is 0.213 e. The Kier molecular flexibility index (Phi) is 6.48. The molecule has 0 saturated carbocycles. The quantitative estimate of drug-likeness (QED) is 0.676. The summed E-state index contributed by atoms with van der Waals surface area (Å²) in [5, 5.41) is 3.13. The molecule has 0 fully saturated rings. The summed E-state index contributed by atoms with van der Waals surface area (Å²) in [5.74, 6) is 0.681. The highest BCUT2D eigenvalue weighted by Crippen LogP contribution is 2.34. The Morgan fingerprint density at radius 1 is 1.17 bits per heavy atom. The van der Waals surface area contributed by atoms with Crippen molar-refractivity contribution < 1.29 is 8.42 Å². The number of sulfonamides is 1. The van der Waals surface area contributed by atoms with Gasteiger partial charge in [0.1, 0.15) is 0 Å². The van der Waals surface area contributed by atoms with Crippen LogP contribution in [-0.4, -0.2) is 26.8 Å². The van der Waals surface area contributed by atoms with Crippen LogP contribution in [0.4, 0.5) is 5.69 Å². The van der Waals surface area contributed by atoms with Gasteiger partial charge in [-0.3, -0.25) is 0 Å². The predicted molar refractivity (Wildman–Crippen MR) is 97.6 cm³/mol. The van der Waals surface area contributed by atoms with Crippen molar-refractivity contribution in [3.05, 3.63) is 29.3 Å². The molecule has 130 valence electrons. The maximum absolute atomic E-state index is 11.6. The number of hydrogen-bond acceptors (Lipinski definition) is 3. The molecular formula is C18H30N2O2S. The molecule has 0 aromatic heterocycles. The molecule has 1 aromatic carbocycles. The SMILES string of the molecule is CC1CCc2ccc(NCCCCCNS(=O)(=O)C(C)C)cc21. The third-order valence-electron chi connectivity index (χ3n) is 4.63. The van der Waals surface area contributed by atoms with Gasteiger partial charge < -0.3 is 5.32 Å². The summed E-state index contributed by atoms with van der Waals surface area (Å²) in [5.41, 5.74) is 4.21. The van der Waals surface area contributed by atoms with Crippen molar-refractivity contribution >= 4 is 15.7 Å². The van der Waals surface area contributed by atoms with Gasteiger partial charge in [-0.25, -0.2) is 13.1 Å². The van der Waals surface area contributed by atoms with Crippen molar-refractivity contribution in [1.82, 2.24) is 4.72 Å². The van der Waals surface area contributed by atoms with E-state index in [1.165, 1.54) is 29.7 Å². The first-order valence-corrected chi connectivity index (χ1v) is 10.3. The van der Waals surface area contributed by atoms with Crippen molar-refractivity contribution in [2.24, 2.45) is 0 Å². The number of benzene rings is 1. The van der Waals surface area contributed by atoms with E-state index in [2.05, 4.69) is 35.2 Å². The Morgan fingerprint density at radius 2 is 1.91 bits per heavy atom. The number of aryl methyl sites for hydroxylation is 1. The van der Waals surface area contributed by atoms with Gasteiger partial charge in [0.05, 0.1) is 5.25 Å². The zero-order chi connectivity index (χ0) is 16.9. The number of hydrogen-bond donors (Lipinski definition) is 2. The summed E-state index contributed by atoms with van der Waals surface area (Å²) < 4.78 is 25.9. The van der Waals surface area contributed by atoms with E-state index in [9.17, 15) is 8.42 Å². The summed E-state index contributed by atoms with van der Waals surface area (Å²) in [4.78, 5) is 0. The summed E-state index contributed by atoms with van der Waals surface area (Å²) in [6, 6.07) is 6.72. The van der Waals surface area contributed by atoms with E-state index in [1.54, 1.807) is 13.8 Å². The molecule has 2 rings (SSSR count). The van der Waals surface area contributed by atoms with E-state index < -0.39 is 10.0 Å². The summed E-state index contributed by atoms with van der Waals surface area (Å²) in [6.07, 6.45) is 5.44. The lowest BCUT2D eigenvalue weighted by molar-refractivity contribution is 0.566. The van der Waals surface area contributed by atoms with Crippen LogP contribution < -0.4 is 10.0 Å². The lowest BCUT2D eigenvalue weighted by Gasteiger charge is -2.11. The highest BCUT2D eigenvalue weighted by Gasteiger charge is 2.18. The van der Waals surface area contributed by atoms with E-state index in [-0.39, 0.29) is 5.25 Å². The Hall–Kier alpha value is -1.07. The van der Waals surface area contributed by atoms with Crippen LogP contribution >= 0.6 is 0 Å². The van der Waals surface area contributed by atoms with Crippen LogP contribution in [0, 0.1) is 0 Å². The van der Waals surface area contributed by atoms with Gasteiger partial charge in [0.25, 0.3) is 0 Å². The van der Waals surface area contributed by atoms with Crippen LogP contribution in [0.5, 0.6) is 0 Å². The zero-order valence-corrected chi connectivity index (χ0v) is 15.4. The maximum Gasteiger partial charge on any atom is 0.213 e. The minimum absolute atomic E-state index is 0.355. The molecule has 1 unspecified atom stereocenters. The molecule has 0 heterocycles. The van der Waals surface area contributed by atoms with Crippen molar-refractivity contribution in [3.63, 3.8) is 0 Å². The molecule has 23 heavy (non-hydrogen) atoms. The van der Waals surface area contributed by atoms with E-state index in [1.807, 2.05) is 0 Å². The Morgan fingerprint density at radius 3 is 2.65 bits per heavy atom. The number of unbranched alkanes of at least 4 members (excludes halogenated alkanes) is 2. The van der Waals surface area contributed by atoms with Crippen LogP contribution in [0.25, 0.3) is 0 Å². The minimum atomic E-state index is -3.11. The highest BCUT2D eigenvalue weighted by atomic mass is 32.2. The topological polar surface area (TPSA) is 58.2 Å². The molecular weight excluding hydrogens is 308 g/mol. The Bertz CT molecular complexity index is 611. The fourth-order valence-electron chi connectivity index (χ4n) is 2.96. The van der Waals surface area contributed by atoms with Gasteiger partial charge >= 0.3 is 0 Å². The second-order valence-corrected chi connectivity index (χ2v) is 9.15. The summed E-state index contributed by atoms with van der Waals surface area (Å²) in [7, 11) is -3.11. The van der Waals surface area contributed by atoms with Crippen LogP contribution in [0.2, 0.25) is 0 Å². The van der Waals surface area contributed by atoms with E-state index in [4.69, 9.17) is 0 Å². The molecule has 0 aliphatic heterocycles. The van der Waals surface area contributed by atoms with Crippen molar-refractivity contribution in [1.29, 1.82) is 0 Å². The Labute approximate surface area is 141 Å². The molecule has 4 nitrogen and oxygen atoms in total. The zero-order valence-electron chi connectivity index (χ0n) is 14.6. The molecule has 0 spiro atoms. The van der Waals surface area contributed by atoms with E-state index >= 15 is 0 Å². The average molecular weight is 339 g/mol. The number of rotatable bonds is 9. The summed E-state index contributed by atoms with van der Waals surface area (Å²) >= 11 is 0. The van der Waals surface area contributed by atoms with Crippen LogP contribution in [0.15, 0.2) is 18.2 Å². The third-order valence-corrected chi connectivity index (χ3v) is 6.48. The molecule has 1 aromatic rings. The van der Waals surface area contributed by atoms with Crippen LogP contribution in [0.3, 0.4) is 0 Å². The average Bonchev–Trinajstić information content (AvgIpc) is 2.87. The Balaban J connectivity index is 1.62. The van der Waals surface area contributed by atoms with Gasteiger partial charge in [-0.2, -0.15) is 0 Å². The number of anilines is 1. The van der Waals surface area contributed by atoms with E-state index in [0.29, 0.717) is 12.5 Å². The second-order valence-electron chi connectivity index (χ2n) is 6.83. The highest BCUT2D eigenvalue weighted by molar-refractivity contribution is 7.90. The van der Waals surface area contributed by atoms with E-state index in [0.717, 1.165) is 25.8 Å². The van der Waals surface area contributed by atoms with Gasteiger partial charge in [-0.1, -0.05) is 19.4 Å². The fourth-order valence-corrected chi connectivity index (χ4v) is 3.72. The largest absolute Gasteiger partial charge is 0.385 e. The van der Waals surface area contributed by atoms with Crippen LogP contribution in [-0.2, 0) is 16.4 Å². The second kappa shape index (κ2) is 8.15. The predicted octanol–water partition coefficient (Wildman–Crippen LogP) is 3.65. The third kappa shape index (κ3) is 5.21. The molecule has 0 saturated heterocycles. The minimum Gasteiger partial charge on any atom is -0.385 e. The number of nitrogens with one attached hydrogen (secondary N) is 2. The number of fused-ring (bicyclic) bond motifs is 1. The van der Waals surface area contributed by atoms with Crippen molar-refractivity contribution in [2.75, 3.05) is 18.4 Å². The first-order valence-electron chi connectivity index (χ1n) is 8.75. The lowest BCUT2D eigenvalue weighted by Crippen LogP contribution is -2.31. The molecule has 0 radical (unpaired) electrons. The van der Waals surface area contributed by atoms with Crippen molar-refractivity contribution in [2.45, 2.75) is 64.0 Å². The van der Waals surface area contributed by atoms with Crippen molar-refractivity contribution in [3.8, 4) is 0 Å². The standard InChI is InChI=1S/C18H30N2O2S/c1-14(2)23(21,22)20-12-6-4-5-11-19-17-10-9-16-8-7-15(3)18(16)13-17/h9-10,13-15,19-20H,4-8,11-12H2,1-3H3. The van der Waals surface area contributed by atoms with Gasteiger partial charge in [0.15, 0.2) is 0 Å². The molecule has 2 N–H and O–H groups in total. The first kappa shape index (κ1) is 18.3. The normalized spacial score (nSPS) is 17.5. The van der Waals surface area contributed by atoms with Crippen LogP contribution in [0.1, 0.15) is 63.5 Å². The van der Waals surface area contributed by atoms with Gasteiger partial charge in [-0.05, 0) is 68.7 Å². The maximum atomic E-state index is 11.6. The fraction of sp³-hybridized carbons (Fsp3) is 0.667. The molecule has 1 aliphatic rings. The van der Waals surface area contributed by atoms with Gasteiger partial charge in [0.2, 0.25) is 10.0 Å². The monoisotopic (exact) mass is 338 g/mol.